The number of Topliss-reactive ketones (excluding diaryl/α,β-unsaturated/α-hetero) is 1. The zero-order valence-corrected chi connectivity index (χ0v) is 14.7. The fourth-order valence-electron chi connectivity index (χ4n) is 2.66. The lowest BCUT2D eigenvalue weighted by atomic mass is 10.1. The second-order valence-corrected chi connectivity index (χ2v) is 8.06. The molecule has 0 spiro atoms. The van der Waals surface area contributed by atoms with E-state index in [1.807, 2.05) is 60.7 Å². The van der Waals surface area contributed by atoms with Crippen molar-refractivity contribution in [1.82, 2.24) is 4.31 Å². The number of hydrogen-bond donors (Lipinski definition) is 0. The molecular formula is C20H19NO3S. The normalized spacial score (nSPS) is 11.8. The zero-order valence-electron chi connectivity index (χ0n) is 13.9. The second-order valence-electron chi connectivity index (χ2n) is 5.98. The number of rotatable bonds is 6. The second kappa shape index (κ2) is 7.17. The molecule has 3 aromatic carbocycles. The molecule has 4 nitrogen and oxygen atoms in total. The summed E-state index contributed by atoms with van der Waals surface area (Å²) in [5, 5.41) is 1.94. The summed E-state index contributed by atoms with van der Waals surface area (Å²) in [4.78, 5) is 12.5. The standard InChI is InChI=1S/C20H19NO3S/c1-21(14-16-7-3-2-4-8-16)25(23,24)15-20(22)19-12-11-17-9-5-6-10-18(17)13-19/h2-13H,14-15H2,1H3. The van der Waals surface area contributed by atoms with Crippen LogP contribution >= 0.6 is 0 Å². The number of sulfonamides is 1. The Hall–Kier alpha value is -2.50. The van der Waals surface area contributed by atoms with Gasteiger partial charge in [-0.25, -0.2) is 12.7 Å². The summed E-state index contributed by atoms with van der Waals surface area (Å²) >= 11 is 0. The number of nitrogens with zero attached hydrogens (tertiary/aromatic N) is 1. The lowest BCUT2D eigenvalue weighted by Gasteiger charge is -2.17. The van der Waals surface area contributed by atoms with E-state index in [0.29, 0.717) is 5.56 Å². The monoisotopic (exact) mass is 353 g/mol. The minimum absolute atomic E-state index is 0.244. The Labute approximate surface area is 147 Å². The number of benzene rings is 3. The largest absolute Gasteiger partial charge is 0.293 e. The highest BCUT2D eigenvalue weighted by molar-refractivity contribution is 7.89. The van der Waals surface area contributed by atoms with Crippen molar-refractivity contribution in [2.24, 2.45) is 0 Å². The van der Waals surface area contributed by atoms with Crippen molar-refractivity contribution < 1.29 is 13.2 Å². The number of carbonyl (C=O) groups is 1. The van der Waals surface area contributed by atoms with Crippen molar-refractivity contribution in [1.29, 1.82) is 0 Å². The van der Waals surface area contributed by atoms with Gasteiger partial charge in [-0.3, -0.25) is 4.79 Å². The summed E-state index contributed by atoms with van der Waals surface area (Å²) in [6.07, 6.45) is 0. The van der Waals surface area contributed by atoms with E-state index in [9.17, 15) is 13.2 Å². The van der Waals surface area contributed by atoms with Crippen LogP contribution in [0, 0.1) is 0 Å². The molecule has 0 unspecified atom stereocenters. The van der Waals surface area contributed by atoms with Gasteiger partial charge in [0.15, 0.2) is 5.78 Å². The summed E-state index contributed by atoms with van der Waals surface area (Å²) in [5.41, 5.74) is 1.29. The Kier molecular flexibility index (Phi) is 4.97. The first-order valence-corrected chi connectivity index (χ1v) is 9.56. The Bertz CT molecular complexity index is 998. The van der Waals surface area contributed by atoms with Crippen molar-refractivity contribution in [3.63, 3.8) is 0 Å². The van der Waals surface area contributed by atoms with Crippen molar-refractivity contribution in [2.45, 2.75) is 6.54 Å². The molecule has 0 aliphatic carbocycles. The van der Waals surface area contributed by atoms with Gasteiger partial charge in [-0.15, -0.1) is 0 Å². The van der Waals surface area contributed by atoms with E-state index in [1.165, 1.54) is 11.4 Å². The maximum Gasteiger partial charge on any atom is 0.221 e. The Balaban J connectivity index is 1.75. The van der Waals surface area contributed by atoms with Crippen LogP contribution in [0.4, 0.5) is 0 Å². The van der Waals surface area contributed by atoms with Gasteiger partial charge in [0, 0.05) is 19.2 Å². The van der Waals surface area contributed by atoms with Crippen molar-refractivity contribution in [2.75, 3.05) is 12.8 Å². The van der Waals surface area contributed by atoms with Gasteiger partial charge < -0.3 is 0 Å². The predicted octanol–water partition coefficient (Wildman–Crippen LogP) is 3.48. The number of fused-ring (bicyclic) bond motifs is 1. The summed E-state index contributed by atoms with van der Waals surface area (Å²) in [5.74, 6) is -0.931. The van der Waals surface area contributed by atoms with E-state index in [-0.39, 0.29) is 6.54 Å². The van der Waals surface area contributed by atoms with Gasteiger partial charge in [0.05, 0.1) is 0 Å². The van der Waals surface area contributed by atoms with E-state index in [2.05, 4.69) is 0 Å². The highest BCUT2D eigenvalue weighted by atomic mass is 32.2. The molecule has 0 radical (unpaired) electrons. The Morgan fingerprint density at radius 2 is 1.52 bits per heavy atom. The van der Waals surface area contributed by atoms with Crippen LogP contribution in [-0.2, 0) is 16.6 Å². The van der Waals surface area contributed by atoms with Crippen LogP contribution in [0.1, 0.15) is 15.9 Å². The molecule has 0 amide bonds. The summed E-state index contributed by atoms with van der Waals surface area (Å²) in [6, 6.07) is 22.2. The Morgan fingerprint density at radius 1 is 0.880 bits per heavy atom. The zero-order chi connectivity index (χ0) is 17.9. The average molecular weight is 353 g/mol. The molecule has 0 fully saturated rings. The molecule has 0 aromatic heterocycles. The molecule has 0 heterocycles. The van der Waals surface area contributed by atoms with Gasteiger partial charge in [-0.05, 0) is 22.4 Å². The van der Waals surface area contributed by atoms with Gasteiger partial charge in [-0.2, -0.15) is 0 Å². The number of carbonyl (C=O) groups excluding carboxylic acids is 1. The Morgan fingerprint density at radius 3 is 2.24 bits per heavy atom. The lowest BCUT2D eigenvalue weighted by molar-refractivity contribution is 0.102. The summed E-state index contributed by atoms with van der Waals surface area (Å²) < 4.78 is 26.2. The molecule has 0 saturated carbocycles. The maximum absolute atomic E-state index is 12.5. The molecule has 128 valence electrons. The molecule has 0 bridgehead atoms. The van der Waals surface area contributed by atoms with Gasteiger partial charge in [0.25, 0.3) is 0 Å². The maximum atomic E-state index is 12.5. The minimum atomic E-state index is -3.68. The molecule has 3 rings (SSSR count). The van der Waals surface area contributed by atoms with Crippen LogP contribution in [0.2, 0.25) is 0 Å². The van der Waals surface area contributed by atoms with Gasteiger partial charge >= 0.3 is 0 Å². The highest BCUT2D eigenvalue weighted by Gasteiger charge is 2.23. The van der Waals surface area contributed by atoms with Gasteiger partial charge in [-0.1, -0.05) is 66.7 Å². The topological polar surface area (TPSA) is 54.5 Å². The van der Waals surface area contributed by atoms with Gasteiger partial charge in [0.1, 0.15) is 5.75 Å². The summed E-state index contributed by atoms with van der Waals surface area (Å²) in [7, 11) is -2.18. The van der Waals surface area contributed by atoms with E-state index >= 15 is 0 Å². The quantitative estimate of drug-likeness (QED) is 0.638. The molecule has 0 saturated heterocycles. The molecule has 25 heavy (non-hydrogen) atoms. The van der Waals surface area contributed by atoms with Crippen LogP contribution in [0.5, 0.6) is 0 Å². The van der Waals surface area contributed by atoms with E-state index < -0.39 is 21.6 Å². The van der Waals surface area contributed by atoms with Crippen LogP contribution in [0.25, 0.3) is 10.8 Å². The first-order valence-electron chi connectivity index (χ1n) is 7.96. The fourth-order valence-corrected chi connectivity index (χ4v) is 3.72. The predicted molar refractivity (Wildman–Crippen MR) is 100.0 cm³/mol. The first kappa shape index (κ1) is 17.3. The van der Waals surface area contributed by atoms with E-state index in [0.717, 1.165) is 16.3 Å². The molecule has 0 N–H and O–H groups in total. The van der Waals surface area contributed by atoms with Crippen molar-refractivity contribution >= 4 is 26.6 Å². The van der Waals surface area contributed by atoms with E-state index in [1.54, 1.807) is 12.1 Å². The minimum Gasteiger partial charge on any atom is -0.293 e. The highest BCUT2D eigenvalue weighted by Crippen LogP contribution is 2.17. The lowest BCUT2D eigenvalue weighted by Crippen LogP contribution is -2.32. The smallest absolute Gasteiger partial charge is 0.221 e. The number of hydrogen-bond acceptors (Lipinski definition) is 3. The van der Waals surface area contributed by atoms with Gasteiger partial charge in [0.2, 0.25) is 10.0 Å². The average Bonchev–Trinajstić information content (AvgIpc) is 2.61. The number of ketones is 1. The third kappa shape index (κ3) is 4.13. The third-order valence-corrected chi connectivity index (χ3v) is 5.81. The molecule has 0 aliphatic heterocycles. The van der Waals surface area contributed by atoms with Crippen LogP contribution in [-0.4, -0.2) is 31.3 Å². The fraction of sp³-hybridized carbons (Fsp3) is 0.150. The van der Waals surface area contributed by atoms with E-state index in [4.69, 9.17) is 0 Å². The molecular weight excluding hydrogens is 334 g/mol. The van der Waals surface area contributed by atoms with Crippen LogP contribution < -0.4 is 0 Å². The summed E-state index contributed by atoms with van der Waals surface area (Å²) in [6.45, 7) is 0.244. The molecule has 3 aromatic rings. The van der Waals surface area contributed by atoms with Crippen molar-refractivity contribution in [3.8, 4) is 0 Å². The van der Waals surface area contributed by atoms with Crippen molar-refractivity contribution in [3.05, 3.63) is 83.9 Å². The molecule has 0 aliphatic rings. The third-order valence-electron chi connectivity index (χ3n) is 4.11. The first-order chi connectivity index (χ1) is 12.0. The van der Waals surface area contributed by atoms with Crippen LogP contribution in [0.15, 0.2) is 72.8 Å². The SMILES string of the molecule is CN(Cc1ccccc1)S(=O)(=O)CC(=O)c1ccc2ccccc2c1. The molecule has 0 atom stereocenters. The van der Waals surface area contributed by atoms with Crippen LogP contribution in [0.3, 0.4) is 0 Å². The molecule has 5 heteroatoms.